The van der Waals surface area contributed by atoms with Crippen molar-refractivity contribution in [3.8, 4) is 0 Å². The van der Waals surface area contributed by atoms with Gasteiger partial charge in [-0.05, 0) is 25.5 Å². The second-order valence-corrected chi connectivity index (χ2v) is 4.89. The molecule has 1 heterocycles. The fourth-order valence-corrected chi connectivity index (χ4v) is 1.96. The van der Waals surface area contributed by atoms with Gasteiger partial charge in [-0.25, -0.2) is 4.39 Å². The summed E-state index contributed by atoms with van der Waals surface area (Å²) in [5.74, 6) is -1.04. The van der Waals surface area contributed by atoms with Gasteiger partial charge in [0, 0.05) is 29.8 Å². The summed E-state index contributed by atoms with van der Waals surface area (Å²) in [5.41, 5.74) is 5.70. The molecule has 1 saturated heterocycles. The topological polar surface area (TPSA) is 64.3 Å². The van der Waals surface area contributed by atoms with E-state index in [1.165, 1.54) is 12.1 Å². The molecule has 1 aliphatic rings. The molecule has 0 bridgehead atoms. The van der Waals surface area contributed by atoms with E-state index >= 15 is 0 Å². The van der Waals surface area contributed by atoms with Crippen LogP contribution in [-0.2, 0) is 11.3 Å². The summed E-state index contributed by atoms with van der Waals surface area (Å²) < 4.78 is 19.0. The molecule has 0 radical (unpaired) electrons. The first-order valence-corrected chi connectivity index (χ1v) is 5.91. The zero-order valence-electron chi connectivity index (χ0n) is 10.3. The maximum Gasteiger partial charge on any atom is 0.248 e. The van der Waals surface area contributed by atoms with Gasteiger partial charge in [0.05, 0.1) is 6.61 Å². The minimum atomic E-state index is -0.621. The van der Waals surface area contributed by atoms with E-state index < -0.39 is 11.7 Å². The predicted molar refractivity (Wildman–Crippen MR) is 65.6 cm³/mol. The van der Waals surface area contributed by atoms with Crippen LogP contribution >= 0.6 is 0 Å². The summed E-state index contributed by atoms with van der Waals surface area (Å²) in [7, 11) is 0. The summed E-state index contributed by atoms with van der Waals surface area (Å²) in [6, 6.07) is 4.30. The standard InChI is InChI=1S/C13H17FN2O2/c1-13(4-5-18-8-13)16-7-10-3-2-9(12(15)17)6-11(10)14/h2-3,6,16H,4-5,7-8H2,1H3,(H2,15,17). The van der Waals surface area contributed by atoms with Gasteiger partial charge in [0.15, 0.2) is 0 Å². The minimum Gasteiger partial charge on any atom is -0.379 e. The van der Waals surface area contributed by atoms with Crippen molar-refractivity contribution in [2.24, 2.45) is 5.73 Å². The van der Waals surface area contributed by atoms with Crippen molar-refractivity contribution in [1.29, 1.82) is 0 Å². The molecule has 3 N–H and O–H groups in total. The Morgan fingerprint density at radius 2 is 2.39 bits per heavy atom. The Kier molecular flexibility index (Phi) is 3.63. The Hall–Kier alpha value is -1.46. The Labute approximate surface area is 105 Å². The number of carbonyl (C=O) groups is 1. The smallest absolute Gasteiger partial charge is 0.248 e. The van der Waals surface area contributed by atoms with Crippen LogP contribution in [-0.4, -0.2) is 24.7 Å². The first-order chi connectivity index (χ1) is 8.50. The number of hydrogen-bond acceptors (Lipinski definition) is 3. The van der Waals surface area contributed by atoms with Crippen molar-refractivity contribution in [3.63, 3.8) is 0 Å². The number of ether oxygens (including phenoxy) is 1. The maximum absolute atomic E-state index is 13.7. The first kappa shape index (κ1) is 13.0. The van der Waals surface area contributed by atoms with Crippen molar-refractivity contribution < 1.29 is 13.9 Å². The lowest BCUT2D eigenvalue weighted by Crippen LogP contribution is -2.42. The van der Waals surface area contributed by atoms with Crippen LogP contribution in [0.25, 0.3) is 0 Å². The van der Waals surface area contributed by atoms with Crippen LogP contribution in [0.15, 0.2) is 18.2 Å². The van der Waals surface area contributed by atoms with E-state index in [1.54, 1.807) is 6.07 Å². The van der Waals surface area contributed by atoms with E-state index in [1.807, 2.05) is 0 Å². The molecule has 2 rings (SSSR count). The van der Waals surface area contributed by atoms with Crippen molar-refractivity contribution >= 4 is 5.91 Å². The molecule has 1 unspecified atom stereocenters. The van der Waals surface area contributed by atoms with Crippen LogP contribution in [0.3, 0.4) is 0 Å². The average Bonchev–Trinajstić information content (AvgIpc) is 2.75. The molecule has 4 nitrogen and oxygen atoms in total. The normalized spacial score (nSPS) is 23.2. The molecule has 18 heavy (non-hydrogen) atoms. The SMILES string of the molecule is CC1(NCc2ccc(C(N)=O)cc2F)CCOC1. The van der Waals surface area contributed by atoms with Gasteiger partial charge in [-0.3, -0.25) is 4.79 Å². The Morgan fingerprint density at radius 1 is 1.61 bits per heavy atom. The molecule has 1 fully saturated rings. The predicted octanol–water partition coefficient (Wildman–Crippen LogP) is 1.19. The summed E-state index contributed by atoms with van der Waals surface area (Å²) in [6.07, 6.45) is 0.911. The highest BCUT2D eigenvalue weighted by molar-refractivity contribution is 5.92. The molecule has 1 aromatic rings. The number of nitrogens with one attached hydrogen (secondary N) is 1. The van der Waals surface area contributed by atoms with Gasteiger partial charge in [-0.2, -0.15) is 0 Å². The lowest BCUT2D eigenvalue weighted by atomic mass is 10.0. The third-order valence-corrected chi connectivity index (χ3v) is 3.26. The lowest BCUT2D eigenvalue weighted by molar-refractivity contribution is 0.1000. The number of primary amides is 1. The van der Waals surface area contributed by atoms with E-state index in [4.69, 9.17) is 10.5 Å². The van der Waals surface area contributed by atoms with E-state index in [2.05, 4.69) is 12.2 Å². The van der Waals surface area contributed by atoms with Gasteiger partial charge >= 0.3 is 0 Å². The maximum atomic E-state index is 13.7. The molecule has 0 spiro atoms. The van der Waals surface area contributed by atoms with Gasteiger partial charge in [-0.15, -0.1) is 0 Å². The number of nitrogens with two attached hydrogens (primary N) is 1. The molecule has 1 aliphatic heterocycles. The highest BCUT2D eigenvalue weighted by Gasteiger charge is 2.28. The monoisotopic (exact) mass is 252 g/mol. The molecule has 98 valence electrons. The third kappa shape index (κ3) is 2.86. The van der Waals surface area contributed by atoms with Crippen LogP contribution in [0.1, 0.15) is 29.3 Å². The van der Waals surface area contributed by atoms with Gasteiger partial charge in [0.2, 0.25) is 5.91 Å². The van der Waals surface area contributed by atoms with Gasteiger partial charge < -0.3 is 15.8 Å². The van der Waals surface area contributed by atoms with Gasteiger partial charge in [0.1, 0.15) is 5.82 Å². The molecule has 0 aliphatic carbocycles. The highest BCUT2D eigenvalue weighted by atomic mass is 19.1. The first-order valence-electron chi connectivity index (χ1n) is 5.91. The Morgan fingerprint density at radius 3 is 2.94 bits per heavy atom. The molecule has 1 atom stereocenters. The van der Waals surface area contributed by atoms with Crippen LogP contribution in [0.4, 0.5) is 4.39 Å². The number of halogens is 1. The summed E-state index contributed by atoms with van der Waals surface area (Å²) >= 11 is 0. The Balaban J connectivity index is 2.03. The van der Waals surface area contributed by atoms with Crippen LogP contribution < -0.4 is 11.1 Å². The molecule has 5 heteroatoms. The zero-order valence-corrected chi connectivity index (χ0v) is 10.3. The summed E-state index contributed by atoms with van der Waals surface area (Å²) in [4.78, 5) is 10.9. The lowest BCUT2D eigenvalue weighted by Gasteiger charge is -2.23. The summed E-state index contributed by atoms with van der Waals surface area (Å²) in [5, 5.41) is 3.28. The van der Waals surface area contributed by atoms with Crippen LogP contribution in [0.5, 0.6) is 0 Å². The van der Waals surface area contributed by atoms with E-state index in [0.717, 1.165) is 13.0 Å². The van der Waals surface area contributed by atoms with Gasteiger partial charge in [-0.1, -0.05) is 6.07 Å². The second-order valence-electron chi connectivity index (χ2n) is 4.89. The van der Waals surface area contributed by atoms with Crippen molar-refractivity contribution in [3.05, 3.63) is 35.1 Å². The second kappa shape index (κ2) is 5.04. The number of carbonyl (C=O) groups excluding carboxylic acids is 1. The van der Waals surface area contributed by atoms with Crippen molar-refractivity contribution in [2.45, 2.75) is 25.4 Å². The third-order valence-electron chi connectivity index (χ3n) is 3.26. The van der Waals surface area contributed by atoms with E-state index in [9.17, 15) is 9.18 Å². The molecular weight excluding hydrogens is 235 g/mol. The van der Waals surface area contributed by atoms with Crippen LogP contribution in [0, 0.1) is 5.82 Å². The van der Waals surface area contributed by atoms with Crippen molar-refractivity contribution in [1.82, 2.24) is 5.32 Å². The zero-order chi connectivity index (χ0) is 13.2. The molecule has 1 aromatic carbocycles. The quantitative estimate of drug-likeness (QED) is 0.846. The Bertz CT molecular complexity index is 456. The largest absolute Gasteiger partial charge is 0.379 e. The minimum absolute atomic E-state index is 0.102. The van der Waals surface area contributed by atoms with Crippen LogP contribution in [0.2, 0.25) is 0 Å². The fourth-order valence-electron chi connectivity index (χ4n) is 1.96. The molecular formula is C13H17FN2O2. The van der Waals surface area contributed by atoms with E-state index in [-0.39, 0.29) is 11.1 Å². The molecule has 0 aromatic heterocycles. The average molecular weight is 252 g/mol. The van der Waals surface area contributed by atoms with Gasteiger partial charge in [0.25, 0.3) is 0 Å². The fraction of sp³-hybridized carbons (Fsp3) is 0.462. The molecule has 0 saturated carbocycles. The number of amides is 1. The number of rotatable bonds is 4. The summed E-state index contributed by atoms with van der Waals surface area (Å²) in [6.45, 7) is 3.82. The van der Waals surface area contributed by atoms with E-state index in [0.29, 0.717) is 18.7 Å². The number of benzene rings is 1. The molecule has 1 amide bonds. The number of hydrogen-bond donors (Lipinski definition) is 2. The van der Waals surface area contributed by atoms with Crippen molar-refractivity contribution in [2.75, 3.05) is 13.2 Å². The highest BCUT2D eigenvalue weighted by Crippen LogP contribution is 2.19.